The number of esters is 1. The minimum atomic E-state index is -0.374. The van der Waals surface area contributed by atoms with Gasteiger partial charge in [0.1, 0.15) is 0 Å². The third-order valence-corrected chi connectivity index (χ3v) is 2.55. The number of carbonyl (C=O) groups is 2. The molecule has 0 saturated carbocycles. The summed E-state index contributed by atoms with van der Waals surface area (Å²) >= 11 is 0. The minimum Gasteiger partial charge on any atom is -0.466 e. The predicted molar refractivity (Wildman–Crippen MR) is 55.3 cm³/mol. The molecule has 1 rings (SSSR count). The normalized spacial score (nSPS) is 24.8. The highest BCUT2D eigenvalue weighted by Crippen LogP contribution is 2.24. The zero-order valence-corrected chi connectivity index (χ0v) is 9.21. The first-order chi connectivity index (χ1) is 7.56. The van der Waals surface area contributed by atoms with Crippen molar-refractivity contribution in [1.29, 1.82) is 0 Å². The number of carbonyl (C=O) groups excluding carboxylic acids is 2. The van der Waals surface area contributed by atoms with Gasteiger partial charge in [-0.15, -0.1) is 0 Å². The third-order valence-electron chi connectivity index (χ3n) is 2.55. The summed E-state index contributed by atoms with van der Waals surface area (Å²) in [6.07, 6.45) is 0.543. The van der Waals surface area contributed by atoms with Crippen molar-refractivity contribution < 1.29 is 14.3 Å². The molecule has 1 amide bonds. The van der Waals surface area contributed by atoms with Crippen molar-refractivity contribution in [2.24, 2.45) is 11.0 Å². The number of β-lactam (4-membered cyclic amide) rings is 1. The van der Waals surface area contributed by atoms with Gasteiger partial charge in [0.25, 0.3) is 0 Å². The van der Waals surface area contributed by atoms with Crippen LogP contribution in [0.25, 0.3) is 10.4 Å². The summed E-state index contributed by atoms with van der Waals surface area (Å²) in [5.41, 5.74) is 8.28. The van der Waals surface area contributed by atoms with Gasteiger partial charge in [-0.2, -0.15) is 0 Å². The lowest BCUT2D eigenvalue weighted by atomic mass is 9.83. The second-order valence-electron chi connectivity index (χ2n) is 3.72. The fraction of sp³-hybridized carbons (Fsp3) is 0.778. The third kappa shape index (κ3) is 2.87. The van der Waals surface area contributed by atoms with E-state index < -0.39 is 0 Å². The largest absolute Gasteiger partial charge is 0.466 e. The molecule has 1 saturated heterocycles. The van der Waals surface area contributed by atoms with Gasteiger partial charge >= 0.3 is 5.97 Å². The Morgan fingerprint density at radius 1 is 1.75 bits per heavy atom. The van der Waals surface area contributed by atoms with Gasteiger partial charge < -0.3 is 10.1 Å². The highest BCUT2D eigenvalue weighted by atomic mass is 16.5. The number of nitrogens with one attached hydrogen (secondary N) is 1. The van der Waals surface area contributed by atoms with E-state index in [9.17, 15) is 9.59 Å². The standard InChI is InChI=1S/C9H14N4O3/c1-5(12-13-10)8-7(11-9(8)15)3-4-16-6(2)14/h5,7-8H,3-4H2,1-2H3,(H,11,15)/t5?,7-,8-/m0/s1. The van der Waals surface area contributed by atoms with Crippen molar-refractivity contribution in [3.8, 4) is 0 Å². The summed E-state index contributed by atoms with van der Waals surface area (Å²) in [4.78, 5) is 24.5. The van der Waals surface area contributed by atoms with Crippen LogP contribution in [0, 0.1) is 5.92 Å². The van der Waals surface area contributed by atoms with Crippen LogP contribution < -0.4 is 5.32 Å². The van der Waals surface area contributed by atoms with Gasteiger partial charge in [-0.3, -0.25) is 9.59 Å². The highest BCUT2D eigenvalue weighted by Gasteiger charge is 2.42. The number of amides is 1. The second-order valence-corrected chi connectivity index (χ2v) is 3.72. The van der Waals surface area contributed by atoms with Gasteiger partial charge in [0.05, 0.1) is 12.5 Å². The molecule has 0 bridgehead atoms. The molecule has 1 fully saturated rings. The van der Waals surface area contributed by atoms with E-state index in [1.165, 1.54) is 6.92 Å². The van der Waals surface area contributed by atoms with E-state index in [1.54, 1.807) is 6.92 Å². The average Bonchev–Trinajstić information content (AvgIpc) is 2.15. The van der Waals surface area contributed by atoms with Crippen LogP contribution >= 0.6 is 0 Å². The van der Waals surface area contributed by atoms with Gasteiger partial charge in [0, 0.05) is 30.3 Å². The molecule has 1 unspecified atom stereocenters. The van der Waals surface area contributed by atoms with Crippen LogP contribution in [-0.2, 0) is 14.3 Å². The summed E-state index contributed by atoms with van der Waals surface area (Å²) < 4.78 is 4.78. The van der Waals surface area contributed by atoms with Crippen molar-refractivity contribution in [3.63, 3.8) is 0 Å². The molecule has 0 aromatic heterocycles. The lowest BCUT2D eigenvalue weighted by molar-refractivity contribution is -0.142. The highest BCUT2D eigenvalue weighted by molar-refractivity contribution is 5.86. The molecule has 88 valence electrons. The van der Waals surface area contributed by atoms with Crippen LogP contribution in [0.4, 0.5) is 0 Å². The maximum atomic E-state index is 11.3. The zero-order valence-electron chi connectivity index (χ0n) is 9.21. The summed E-state index contributed by atoms with van der Waals surface area (Å²) in [7, 11) is 0. The van der Waals surface area contributed by atoms with E-state index in [1.807, 2.05) is 0 Å². The first-order valence-corrected chi connectivity index (χ1v) is 5.04. The molecule has 16 heavy (non-hydrogen) atoms. The molecule has 0 aliphatic carbocycles. The molecule has 1 N–H and O–H groups in total. The Balaban J connectivity index is 2.41. The molecule has 1 heterocycles. The van der Waals surface area contributed by atoms with Crippen molar-refractivity contribution in [2.45, 2.75) is 32.4 Å². The Labute approximate surface area is 92.8 Å². The molecule has 0 spiro atoms. The first kappa shape index (κ1) is 12.3. The molecular formula is C9H14N4O3. The van der Waals surface area contributed by atoms with E-state index in [-0.39, 0.29) is 36.5 Å². The second kappa shape index (κ2) is 5.37. The molecule has 1 aliphatic heterocycles. The molecular weight excluding hydrogens is 212 g/mol. The quantitative estimate of drug-likeness (QED) is 0.246. The Morgan fingerprint density at radius 2 is 2.44 bits per heavy atom. The number of azide groups is 1. The molecule has 1 aliphatic rings. The fourth-order valence-electron chi connectivity index (χ4n) is 1.75. The number of nitrogens with zero attached hydrogens (tertiary/aromatic N) is 3. The van der Waals surface area contributed by atoms with Crippen LogP contribution in [0.3, 0.4) is 0 Å². The lowest BCUT2D eigenvalue weighted by Crippen LogP contribution is -2.61. The molecule has 0 radical (unpaired) electrons. The Bertz CT molecular complexity index is 338. The van der Waals surface area contributed by atoms with E-state index in [2.05, 4.69) is 15.3 Å². The molecule has 7 nitrogen and oxygen atoms in total. The Hall–Kier alpha value is -1.75. The van der Waals surface area contributed by atoms with Gasteiger partial charge in [-0.1, -0.05) is 12.0 Å². The minimum absolute atomic E-state index is 0.0765. The lowest BCUT2D eigenvalue weighted by Gasteiger charge is -2.38. The van der Waals surface area contributed by atoms with Gasteiger partial charge in [-0.25, -0.2) is 0 Å². The number of hydrogen-bond acceptors (Lipinski definition) is 4. The molecule has 0 aromatic rings. The van der Waals surface area contributed by atoms with Gasteiger partial charge in [0.15, 0.2) is 0 Å². The fourth-order valence-corrected chi connectivity index (χ4v) is 1.75. The van der Waals surface area contributed by atoms with Crippen LogP contribution in [0.1, 0.15) is 20.3 Å². The van der Waals surface area contributed by atoms with Crippen molar-refractivity contribution >= 4 is 11.9 Å². The SMILES string of the molecule is CC(=O)OCC[C@@H]1NC(=O)[C@H]1C(C)N=[N+]=[N-]. The van der Waals surface area contributed by atoms with Crippen molar-refractivity contribution in [3.05, 3.63) is 10.4 Å². The van der Waals surface area contributed by atoms with Gasteiger partial charge in [-0.05, 0) is 5.53 Å². The topological polar surface area (TPSA) is 104 Å². The monoisotopic (exact) mass is 226 g/mol. The predicted octanol–water partition coefficient (Wildman–Crippen LogP) is 0.753. The molecule has 0 aromatic carbocycles. The average molecular weight is 226 g/mol. The van der Waals surface area contributed by atoms with Crippen LogP contribution in [0.15, 0.2) is 5.11 Å². The maximum Gasteiger partial charge on any atom is 0.302 e. The zero-order chi connectivity index (χ0) is 12.1. The number of rotatable bonds is 5. The van der Waals surface area contributed by atoms with Crippen LogP contribution in [0.5, 0.6) is 0 Å². The summed E-state index contributed by atoms with van der Waals surface area (Å²) in [6, 6.07) is -0.451. The van der Waals surface area contributed by atoms with Crippen LogP contribution in [-0.4, -0.2) is 30.6 Å². The Morgan fingerprint density at radius 3 is 2.94 bits per heavy atom. The first-order valence-electron chi connectivity index (χ1n) is 5.04. The van der Waals surface area contributed by atoms with E-state index in [0.29, 0.717) is 6.42 Å². The van der Waals surface area contributed by atoms with E-state index >= 15 is 0 Å². The summed E-state index contributed by atoms with van der Waals surface area (Å²) in [6.45, 7) is 3.29. The molecule has 7 heteroatoms. The number of hydrogen-bond donors (Lipinski definition) is 1. The number of ether oxygens (including phenoxy) is 1. The summed E-state index contributed by atoms with van der Waals surface area (Å²) in [5, 5.41) is 6.19. The van der Waals surface area contributed by atoms with Gasteiger partial charge in [0.2, 0.25) is 5.91 Å². The van der Waals surface area contributed by atoms with Crippen molar-refractivity contribution in [1.82, 2.24) is 5.32 Å². The smallest absolute Gasteiger partial charge is 0.302 e. The van der Waals surface area contributed by atoms with Crippen LogP contribution in [0.2, 0.25) is 0 Å². The van der Waals surface area contributed by atoms with E-state index in [0.717, 1.165) is 0 Å². The Kier molecular flexibility index (Phi) is 4.13. The maximum absolute atomic E-state index is 11.3. The van der Waals surface area contributed by atoms with Crippen molar-refractivity contribution in [2.75, 3.05) is 6.61 Å². The molecule has 3 atom stereocenters. The van der Waals surface area contributed by atoms with E-state index in [4.69, 9.17) is 10.3 Å². The summed E-state index contributed by atoms with van der Waals surface area (Å²) in [5.74, 6) is -0.774.